The van der Waals surface area contributed by atoms with Crippen molar-refractivity contribution in [1.29, 1.82) is 0 Å². The van der Waals surface area contributed by atoms with Crippen molar-refractivity contribution >= 4 is 0 Å². The SMILES string of the molecule is CC[C@H](C)N(Cc1c(C)nn(-c2ccccc2)c1Oc1ccccc1F)C[C@H](O)COC(C)C. The topological polar surface area (TPSA) is 59.8 Å². The average Bonchev–Trinajstić information content (AvgIpc) is 3.13. The van der Waals surface area contributed by atoms with Gasteiger partial charge >= 0.3 is 0 Å². The molecule has 0 spiro atoms. The normalized spacial score (nSPS) is 13.4. The summed E-state index contributed by atoms with van der Waals surface area (Å²) in [4.78, 5) is 2.20. The number of aromatic nitrogens is 2. The number of ether oxygens (including phenoxy) is 2. The van der Waals surface area contributed by atoms with E-state index in [4.69, 9.17) is 14.6 Å². The Labute approximate surface area is 201 Å². The van der Waals surface area contributed by atoms with Gasteiger partial charge in [0.05, 0.1) is 35.8 Å². The van der Waals surface area contributed by atoms with Gasteiger partial charge in [-0.05, 0) is 58.4 Å². The van der Waals surface area contributed by atoms with Gasteiger partial charge in [0, 0.05) is 19.1 Å². The molecule has 1 aromatic heterocycles. The van der Waals surface area contributed by atoms with Gasteiger partial charge in [0.2, 0.25) is 5.88 Å². The van der Waals surface area contributed by atoms with Gasteiger partial charge in [-0.2, -0.15) is 5.10 Å². The number of hydrogen-bond donors (Lipinski definition) is 1. The van der Waals surface area contributed by atoms with Crippen molar-refractivity contribution in [2.75, 3.05) is 13.2 Å². The monoisotopic (exact) mass is 469 g/mol. The summed E-state index contributed by atoms with van der Waals surface area (Å²) in [5.41, 5.74) is 2.46. The second-order valence-corrected chi connectivity index (χ2v) is 8.87. The molecule has 6 nitrogen and oxygen atoms in total. The smallest absolute Gasteiger partial charge is 0.227 e. The number of aliphatic hydroxyl groups excluding tert-OH is 1. The molecule has 3 aromatic rings. The highest BCUT2D eigenvalue weighted by Gasteiger charge is 2.25. The molecule has 0 bridgehead atoms. The fourth-order valence-corrected chi connectivity index (χ4v) is 3.69. The molecule has 184 valence electrons. The molecule has 0 amide bonds. The highest BCUT2D eigenvalue weighted by atomic mass is 19.1. The van der Waals surface area contributed by atoms with Gasteiger partial charge < -0.3 is 14.6 Å². The van der Waals surface area contributed by atoms with Gasteiger partial charge in [-0.15, -0.1) is 0 Å². The highest BCUT2D eigenvalue weighted by Crippen LogP contribution is 2.33. The summed E-state index contributed by atoms with van der Waals surface area (Å²) in [6, 6.07) is 16.2. The standard InChI is InChI=1S/C27H36FN3O3/c1-6-20(4)30(16-23(32)18-33-19(2)3)17-24-21(5)29-31(22-12-8-7-9-13-22)27(24)34-26-15-11-10-14-25(26)28/h7-15,19-20,23,32H,6,16-18H2,1-5H3/t20-,23-/m0/s1. The van der Waals surface area contributed by atoms with Crippen LogP contribution in [0.2, 0.25) is 0 Å². The molecular formula is C27H36FN3O3. The van der Waals surface area contributed by atoms with Crippen molar-refractivity contribution in [2.24, 2.45) is 0 Å². The number of hydrogen-bond acceptors (Lipinski definition) is 5. The quantitative estimate of drug-likeness (QED) is 0.380. The van der Waals surface area contributed by atoms with Gasteiger partial charge in [0.15, 0.2) is 11.6 Å². The molecule has 0 aliphatic heterocycles. The average molecular weight is 470 g/mol. The Balaban J connectivity index is 1.98. The molecule has 0 radical (unpaired) electrons. The molecular weight excluding hydrogens is 433 g/mol. The zero-order valence-electron chi connectivity index (χ0n) is 20.7. The fraction of sp³-hybridized carbons (Fsp3) is 0.444. The number of para-hydroxylation sites is 2. The Morgan fingerprint density at radius 3 is 2.38 bits per heavy atom. The number of aliphatic hydroxyl groups is 1. The van der Waals surface area contributed by atoms with E-state index in [9.17, 15) is 9.50 Å². The number of halogens is 1. The molecule has 0 aliphatic rings. The van der Waals surface area contributed by atoms with Crippen LogP contribution < -0.4 is 4.74 Å². The lowest BCUT2D eigenvalue weighted by molar-refractivity contribution is -0.0150. The van der Waals surface area contributed by atoms with Crippen LogP contribution in [0.1, 0.15) is 45.4 Å². The molecule has 0 fully saturated rings. The van der Waals surface area contributed by atoms with Crippen LogP contribution in [0.25, 0.3) is 5.69 Å². The van der Waals surface area contributed by atoms with Crippen LogP contribution in [0.15, 0.2) is 54.6 Å². The molecule has 0 saturated heterocycles. The lowest BCUT2D eigenvalue weighted by Gasteiger charge is -2.30. The van der Waals surface area contributed by atoms with E-state index in [-0.39, 0.29) is 24.5 Å². The van der Waals surface area contributed by atoms with Crippen LogP contribution in [0.3, 0.4) is 0 Å². The Hall–Kier alpha value is -2.74. The van der Waals surface area contributed by atoms with E-state index < -0.39 is 11.9 Å². The third-order valence-electron chi connectivity index (χ3n) is 5.82. The maximum atomic E-state index is 14.5. The minimum Gasteiger partial charge on any atom is -0.435 e. The van der Waals surface area contributed by atoms with E-state index in [1.54, 1.807) is 22.9 Å². The first kappa shape index (κ1) is 25.9. The van der Waals surface area contributed by atoms with E-state index in [1.165, 1.54) is 6.07 Å². The van der Waals surface area contributed by atoms with E-state index in [0.29, 0.717) is 19.0 Å². The summed E-state index contributed by atoms with van der Waals surface area (Å²) in [7, 11) is 0. The van der Waals surface area contributed by atoms with Gasteiger partial charge in [0.1, 0.15) is 0 Å². The number of nitrogens with zero attached hydrogens (tertiary/aromatic N) is 3. The van der Waals surface area contributed by atoms with Gasteiger partial charge in [-0.3, -0.25) is 4.90 Å². The van der Waals surface area contributed by atoms with E-state index in [0.717, 1.165) is 23.4 Å². The maximum Gasteiger partial charge on any atom is 0.227 e. The van der Waals surface area contributed by atoms with Crippen LogP contribution >= 0.6 is 0 Å². The van der Waals surface area contributed by atoms with Crippen LogP contribution in [-0.2, 0) is 11.3 Å². The van der Waals surface area contributed by atoms with E-state index >= 15 is 0 Å². The van der Waals surface area contributed by atoms with Crippen LogP contribution in [-0.4, -0.2) is 51.2 Å². The first-order valence-electron chi connectivity index (χ1n) is 11.9. The third-order valence-corrected chi connectivity index (χ3v) is 5.82. The van der Waals surface area contributed by atoms with Gasteiger partial charge in [0.25, 0.3) is 0 Å². The molecule has 0 saturated carbocycles. The maximum absolute atomic E-state index is 14.5. The molecule has 34 heavy (non-hydrogen) atoms. The summed E-state index contributed by atoms with van der Waals surface area (Å²) in [5, 5.41) is 15.4. The zero-order valence-corrected chi connectivity index (χ0v) is 20.7. The third kappa shape index (κ3) is 6.65. The molecule has 2 aromatic carbocycles. The predicted octanol–water partition coefficient (Wildman–Crippen LogP) is 5.50. The minimum absolute atomic E-state index is 0.0545. The van der Waals surface area contributed by atoms with Crippen LogP contribution in [0, 0.1) is 12.7 Å². The van der Waals surface area contributed by atoms with E-state index in [2.05, 4.69) is 18.7 Å². The Morgan fingerprint density at radius 1 is 1.06 bits per heavy atom. The summed E-state index contributed by atoms with van der Waals surface area (Å²) >= 11 is 0. The molecule has 2 atom stereocenters. The second kappa shape index (κ2) is 12.1. The molecule has 0 aliphatic carbocycles. The molecule has 1 N–H and O–H groups in total. The van der Waals surface area contributed by atoms with Crippen molar-refractivity contribution < 1.29 is 19.0 Å². The minimum atomic E-state index is -0.628. The number of benzene rings is 2. The second-order valence-electron chi connectivity index (χ2n) is 8.87. The molecule has 1 heterocycles. The van der Waals surface area contributed by atoms with Crippen molar-refractivity contribution in [1.82, 2.24) is 14.7 Å². The number of rotatable bonds is 12. The Morgan fingerprint density at radius 2 is 1.74 bits per heavy atom. The summed E-state index contributed by atoms with van der Waals surface area (Å²) < 4.78 is 28.0. The number of aryl methyl sites for hydroxylation is 1. The fourth-order valence-electron chi connectivity index (χ4n) is 3.69. The Kier molecular flexibility index (Phi) is 9.21. The lowest BCUT2D eigenvalue weighted by Crippen LogP contribution is -2.40. The Bertz CT molecular complexity index is 1040. The molecule has 7 heteroatoms. The van der Waals surface area contributed by atoms with Crippen molar-refractivity contribution in [3.8, 4) is 17.3 Å². The van der Waals surface area contributed by atoms with Crippen molar-refractivity contribution in [3.05, 3.63) is 71.7 Å². The summed E-state index contributed by atoms with van der Waals surface area (Å²) in [6.45, 7) is 11.3. The molecule has 0 unspecified atom stereocenters. The summed E-state index contributed by atoms with van der Waals surface area (Å²) in [6.07, 6.45) is 0.336. The predicted molar refractivity (Wildman–Crippen MR) is 132 cm³/mol. The molecule has 3 rings (SSSR count). The van der Waals surface area contributed by atoms with Crippen molar-refractivity contribution in [3.63, 3.8) is 0 Å². The van der Waals surface area contributed by atoms with Gasteiger partial charge in [-0.25, -0.2) is 9.07 Å². The first-order chi connectivity index (χ1) is 16.3. The van der Waals surface area contributed by atoms with E-state index in [1.807, 2.05) is 51.1 Å². The van der Waals surface area contributed by atoms with Crippen LogP contribution in [0.5, 0.6) is 11.6 Å². The largest absolute Gasteiger partial charge is 0.435 e. The zero-order chi connectivity index (χ0) is 24.7. The van der Waals surface area contributed by atoms with Crippen LogP contribution in [0.4, 0.5) is 4.39 Å². The van der Waals surface area contributed by atoms with Crippen molar-refractivity contribution in [2.45, 2.75) is 65.8 Å². The highest BCUT2D eigenvalue weighted by molar-refractivity contribution is 5.43. The lowest BCUT2D eigenvalue weighted by atomic mass is 10.1. The summed E-state index contributed by atoms with van der Waals surface area (Å²) in [5.74, 6) is 0.170. The van der Waals surface area contributed by atoms with Gasteiger partial charge in [-0.1, -0.05) is 37.3 Å². The first-order valence-corrected chi connectivity index (χ1v) is 11.9.